The van der Waals surface area contributed by atoms with E-state index in [2.05, 4.69) is 9.80 Å². The summed E-state index contributed by atoms with van der Waals surface area (Å²) in [5.41, 5.74) is 1.56. The number of halogens is 3. The fourth-order valence-corrected chi connectivity index (χ4v) is 3.54. The predicted octanol–water partition coefficient (Wildman–Crippen LogP) is 2.70. The largest absolute Gasteiger partial charge is 0.490 e. The number of morpholine rings is 1. The lowest BCUT2D eigenvalue weighted by molar-refractivity contribution is -0.192. The SMILES string of the molecule is O=C(O)C(F)(F)F.O=C(O)c1ccc(CN2CCCCC2CN2CCOCC2)cc1. The topological polar surface area (TPSA) is 90.3 Å². The number of ether oxygens (including phenoxy) is 1. The van der Waals surface area contributed by atoms with Gasteiger partial charge < -0.3 is 14.9 Å². The minimum Gasteiger partial charge on any atom is -0.478 e. The number of carbonyl (C=O) groups is 2. The molecule has 1 aromatic carbocycles. The van der Waals surface area contributed by atoms with Gasteiger partial charge in [-0.05, 0) is 37.1 Å². The average Bonchev–Trinajstić information content (AvgIpc) is 2.70. The van der Waals surface area contributed by atoms with Crippen molar-refractivity contribution in [3.8, 4) is 0 Å². The van der Waals surface area contributed by atoms with Gasteiger partial charge in [0.15, 0.2) is 0 Å². The van der Waals surface area contributed by atoms with Crippen LogP contribution in [0, 0.1) is 0 Å². The smallest absolute Gasteiger partial charge is 0.478 e. The number of benzene rings is 1. The van der Waals surface area contributed by atoms with Crippen LogP contribution in [0.3, 0.4) is 0 Å². The summed E-state index contributed by atoms with van der Waals surface area (Å²) in [6, 6.07) is 7.91. The zero-order valence-corrected chi connectivity index (χ0v) is 16.6. The van der Waals surface area contributed by atoms with E-state index in [1.165, 1.54) is 24.8 Å². The van der Waals surface area contributed by atoms with Crippen LogP contribution >= 0.6 is 0 Å². The Bertz CT molecular complexity index is 691. The summed E-state index contributed by atoms with van der Waals surface area (Å²) in [6.07, 6.45) is -1.26. The molecule has 0 spiro atoms. The van der Waals surface area contributed by atoms with Gasteiger partial charge in [0.2, 0.25) is 0 Å². The summed E-state index contributed by atoms with van der Waals surface area (Å²) in [5.74, 6) is -3.62. The molecule has 1 aromatic rings. The molecule has 30 heavy (non-hydrogen) atoms. The molecule has 7 nitrogen and oxygen atoms in total. The van der Waals surface area contributed by atoms with Gasteiger partial charge in [0.1, 0.15) is 0 Å². The molecular weight excluding hydrogens is 405 g/mol. The lowest BCUT2D eigenvalue weighted by Crippen LogP contribution is -2.49. The van der Waals surface area contributed by atoms with Crippen molar-refractivity contribution in [2.45, 2.75) is 38.0 Å². The van der Waals surface area contributed by atoms with Gasteiger partial charge in [0.25, 0.3) is 0 Å². The van der Waals surface area contributed by atoms with Crippen LogP contribution in [0.1, 0.15) is 35.2 Å². The van der Waals surface area contributed by atoms with Gasteiger partial charge in [-0.1, -0.05) is 18.6 Å². The number of piperidine rings is 1. The number of alkyl halides is 3. The Morgan fingerprint density at radius 2 is 1.63 bits per heavy atom. The summed E-state index contributed by atoms with van der Waals surface area (Å²) >= 11 is 0. The van der Waals surface area contributed by atoms with E-state index in [1.807, 2.05) is 12.1 Å². The first-order valence-electron chi connectivity index (χ1n) is 9.83. The molecule has 1 atom stereocenters. The highest BCUT2D eigenvalue weighted by Crippen LogP contribution is 2.21. The Morgan fingerprint density at radius 1 is 1.03 bits per heavy atom. The fourth-order valence-electron chi connectivity index (χ4n) is 3.54. The van der Waals surface area contributed by atoms with Crippen molar-refractivity contribution >= 4 is 11.9 Å². The Balaban J connectivity index is 0.000000396. The van der Waals surface area contributed by atoms with Crippen LogP contribution in [0.5, 0.6) is 0 Å². The first kappa shape index (κ1) is 24.1. The summed E-state index contributed by atoms with van der Waals surface area (Å²) in [6.45, 7) is 6.95. The Morgan fingerprint density at radius 3 is 2.17 bits per heavy atom. The van der Waals surface area contributed by atoms with Crippen molar-refractivity contribution in [1.82, 2.24) is 9.80 Å². The highest BCUT2D eigenvalue weighted by Gasteiger charge is 2.38. The van der Waals surface area contributed by atoms with Crippen molar-refractivity contribution in [3.05, 3.63) is 35.4 Å². The number of hydrogen-bond acceptors (Lipinski definition) is 5. The standard InChI is InChI=1S/C18H26N2O3.C2HF3O2/c21-18(22)16-6-4-15(5-7-16)13-20-8-2-1-3-17(20)14-19-9-11-23-12-10-19;3-2(4,5)1(6)7/h4-7,17H,1-3,8-14H2,(H,21,22);(H,6,7). The number of aliphatic carboxylic acids is 1. The van der Waals surface area contributed by atoms with E-state index in [-0.39, 0.29) is 0 Å². The Labute approximate surface area is 173 Å². The van der Waals surface area contributed by atoms with Crippen LogP contribution in [-0.4, -0.2) is 83.6 Å². The van der Waals surface area contributed by atoms with Crippen LogP contribution in [0.15, 0.2) is 24.3 Å². The van der Waals surface area contributed by atoms with E-state index in [1.54, 1.807) is 12.1 Å². The summed E-state index contributed by atoms with van der Waals surface area (Å²) in [7, 11) is 0. The van der Waals surface area contributed by atoms with Crippen molar-refractivity contribution in [2.75, 3.05) is 39.4 Å². The average molecular weight is 432 g/mol. The molecule has 2 N–H and O–H groups in total. The minimum absolute atomic E-state index is 0.359. The number of rotatable bonds is 5. The van der Waals surface area contributed by atoms with Crippen LogP contribution in [-0.2, 0) is 16.1 Å². The van der Waals surface area contributed by atoms with Crippen molar-refractivity contribution in [3.63, 3.8) is 0 Å². The molecule has 3 rings (SSSR count). The van der Waals surface area contributed by atoms with Crippen LogP contribution in [0.25, 0.3) is 0 Å². The number of aromatic carboxylic acids is 1. The maximum atomic E-state index is 10.9. The molecule has 168 valence electrons. The van der Waals surface area contributed by atoms with Gasteiger partial charge in [-0.3, -0.25) is 9.80 Å². The van der Waals surface area contributed by atoms with Crippen molar-refractivity contribution in [2.24, 2.45) is 0 Å². The molecule has 1 unspecified atom stereocenters. The van der Waals surface area contributed by atoms with E-state index in [0.29, 0.717) is 11.6 Å². The highest BCUT2D eigenvalue weighted by atomic mass is 19.4. The van der Waals surface area contributed by atoms with E-state index >= 15 is 0 Å². The normalized spacial score (nSPS) is 20.8. The van der Waals surface area contributed by atoms with Crippen LogP contribution < -0.4 is 0 Å². The molecule has 2 fully saturated rings. The maximum Gasteiger partial charge on any atom is 0.490 e. The lowest BCUT2D eigenvalue weighted by Gasteiger charge is -2.39. The quantitative estimate of drug-likeness (QED) is 0.739. The van der Waals surface area contributed by atoms with Gasteiger partial charge >= 0.3 is 18.1 Å². The van der Waals surface area contributed by atoms with Crippen LogP contribution in [0.2, 0.25) is 0 Å². The van der Waals surface area contributed by atoms with E-state index in [9.17, 15) is 18.0 Å². The third-order valence-electron chi connectivity index (χ3n) is 5.15. The van der Waals surface area contributed by atoms with E-state index in [0.717, 1.165) is 45.9 Å². The molecule has 0 aromatic heterocycles. The number of hydrogen-bond donors (Lipinski definition) is 2. The van der Waals surface area contributed by atoms with E-state index in [4.69, 9.17) is 19.7 Å². The molecule has 0 radical (unpaired) electrons. The van der Waals surface area contributed by atoms with Crippen LogP contribution in [0.4, 0.5) is 13.2 Å². The molecule has 2 saturated heterocycles. The monoisotopic (exact) mass is 432 g/mol. The first-order chi connectivity index (χ1) is 14.2. The van der Waals surface area contributed by atoms with Gasteiger partial charge in [-0.2, -0.15) is 13.2 Å². The molecule has 10 heteroatoms. The summed E-state index contributed by atoms with van der Waals surface area (Å²) < 4.78 is 37.2. The number of carboxylic acid groups (broad SMARTS) is 2. The second-order valence-electron chi connectivity index (χ2n) is 7.34. The van der Waals surface area contributed by atoms with Crippen molar-refractivity contribution < 1.29 is 37.7 Å². The Kier molecular flexibility index (Phi) is 9.07. The number of carboxylic acids is 2. The molecular formula is C20H27F3N2O5. The van der Waals surface area contributed by atoms with Gasteiger partial charge in [0, 0.05) is 32.2 Å². The summed E-state index contributed by atoms with van der Waals surface area (Å²) in [4.78, 5) is 24.9. The lowest BCUT2D eigenvalue weighted by atomic mass is 10.00. The molecule has 0 aliphatic carbocycles. The second-order valence-corrected chi connectivity index (χ2v) is 7.34. The molecule has 2 aliphatic heterocycles. The number of likely N-dealkylation sites (tertiary alicyclic amines) is 1. The zero-order chi connectivity index (χ0) is 22.1. The van der Waals surface area contributed by atoms with Gasteiger partial charge in [-0.15, -0.1) is 0 Å². The predicted molar refractivity (Wildman–Crippen MR) is 102 cm³/mol. The molecule has 2 heterocycles. The van der Waals surface area contributed by atoms with Crippen molar-refractivity contribution in [1.29, 1.82) is 0 Å². The molecule has 0 saturated carbocycles. The maximum absolute atomic E-state index is 10.9. The third kappa shape index (κ3) is 7.92. The van der Waals surface area contributed by atoms with Gasteiger partial charge in [0.05, 0.1) is 18.8 Å². The molecule has 0 amide bonds. The second kappa shape index (κ2) is 11.3. The first-order valence-corrected chi connectivity index (χ1v) is 9.83. The van der Waals surface area contributed by atoms with Gasteiger partial charge in [-0.25, -0.2) is 9.59 Å². The third-order valence-corrected chi connectivity index (χ3v) is 5.15. The molecule has 0 bridgehead atoms. The molecule has 2 aliphatic rings. The number of nitrogens with zero attached hydrogens (tertiary/aromatic N) is 2. The Hall–Kier alpha value is -2.17. The highest BCUT2D eigenvalue weighted by molar-refractivity contribution is 5.87. The van der Waals surface area contributed by atoms with E-state index < -0.39 is 18.1 Å². The summed E-state index contributed by atoms with van der Waals surface area (Å²) in [5, 5.41) is 16.1. The zero-order valence-electron chi connectivity index (χ0n) is 16.6. The minimum atomic E-state index is -5.08. The fraction of sp³-hybridized carbons (Fsp3) is 0.600.